The molecule has 0 aromatic heterocycles. The van der Waals surface area contributed by atoms with Gasteiger partial charge in [0.15, 0.2) is 0 Å². The molecule has 0 radical (unpaired) electrons. The molecule has 4 heteroatoms. The number of halogens is 1. The zero-order chi connectivity index (χ0) is 12.0. The van der Waals surface area contributed by atoms with E-state index in [4.69, 9.17) is 5.11 Å². The summed E-state index contributed by atoms with van der Waals surface area (Å²) in [6.45, 7) is 3.27. The average molecular weight is 304 g/mol. The zero-order valence-corrected chi connectivity index (χ0v) is 12.1. The van der Waals surface area contributed by atoms with Crippen molar-refractivity contribution in [2.75, 3.05) is 13.7 Å². The van der Waals surface area contributed by atoms with E-state index in [1.54, 1.807) is 0 Å². The van der Waals surface area contributed by atoms with Crippen molar-refractivity contribution in [1.29, 1.82) is 0 Å². The molecule has 90 valence electrons. The number of aliphatic hydroxyl groups excluding tert-OH is 1. The lowest BCUT2D eigenvalue weighted by molar-refractivity contribution is 0.289. The third-order valence-corrected chi connectivity index (χ3v) is 4.04. The van der Waals surface area contributed by atoms with Crippen LogP contribution in [-0.4, -0.2) is 24.0 Å². The summed E-state index contributed by atoms with van der Waals surface area (Å²) in [4.78, 5) is 1.29. The highest BCUT2D eigenvalue weighted by Crippen LogP contribution is 2.30. The van der Waals surface area contributed by atoms with Crippen molar-refractivity contribution in [1.82, 2.24) is 5.32 Å². The lowest BCUT2D eigenvalue weighted by atomic mass is 10.2. The lowest BCUT2D eigenvalue weighted by Gasteiger charge is -2.13. The van der Waals surface area contributed by atoms with Gasteiger partial charge in [-0.2, -0.15) is 0 Å². The fourth-order valence-corrected chi connectivity index (χ4v) is 2.94. The van der Waals surface area contributed by atoms with Gasteiger partial charge in [0, 0.05) is 27.8 Å². The normalized spacial score (nSPS) is 12.8. The maximum atomic E-state index is 8.90. The first-order valence-electron chi connectivity index (χ1n) is 5.38. The van der Waals surface area contributed by atoms with Gasteiger partial charge in [0.1, 0.15) is 0 Å². The Balaban J connectivity index is 2.77. The molecule has 0 heterocycles. The molecule has 0 aliphatic rings. The van der Waals surface area contributed by atoms with Crippen LogP contribution in [0, 0.1) is 0 Å². The van der Waals surface area contributed by atoms with Gasteiger partial charge in [-0.1, -0.05) is 22.9 Å². The summed E-state index contributed by atoms with van der Waals surface area (Å²) in [5.41, 5.74) is 1.30. The standard InChI is InChI=1S/C12H18BrNOS/c1-9(5-6-15)16-12-4-3-11(13)7-10(12)8-14-2/h3-4,7,9,14-15H,5-6,8H2,1-2H3. The van der Waals surface area contributed by atoms with Gasteiger partial charge in [0.25, 0.3) is 0 Å². The van der Waals surface area contributed by atoms with Crippen molar-refractivity contribution in [3.05, 3.63) is 28.2 Å². The summed E-state index contributed by atoms with van der Waals surface area (Å²) >= 11 is 5.31. The molecule has 0 aliphatic carbocycles. The van der Waals surface area contributed by atoms with Gasteiger partial charge < -0.3 is 10.4 Å². The van der Waals surface area contributed by atoms with Crippen LogP contribution in [0.2, 0.25) is 0 Å². The molecule has 0 saturated heterocycles. The summed E-state index contributed by atoms with van der Waals surface area (Å²) < 4.78 is 1.11. The summed E-state index contributed by atoms with van der Waals surface area (Å²) in [6, 6.07) is 6.34. The molecule has 1 aromatic rings. The minimum absolute atomic E-state index is 0.256. The summed E-state index contributed by atoms with van der Waals surface area (Å²) in [6.07, 6.45) is 0.833. The SMILES string of the molecule is CNCc1cc(Br)ccc1SC(C)CCO. The Morgan fingerprint density at radius 2 is 2.25 bits per heavy atom. The average Bonchev–Trinajstić information content (AvgIpc) is 2.23. The van der Waals surface area contributed by atoms with Crippen molar-refractivity contribution in [2.24, 2.45) is 0 Å². The van der Waals surface area contributed by atoms with Crippen LogP contribution in [0.5, 0.6) is 0 Å². The number of hydrogen-bond acceptors (Lipinski definition) is 3. The summed E-state index contributed by atoms with van der Waals surface area (Å²) in [5, 5.41) is 12.5. The van der Waals surface area contributed by atoms with Crippen LogP contribution in [0.3, 0.4) is 0 Å². The Hall–Kier alpha value is -0.0300. The number of thioether (sulfide) groups is 1. The van der Waals surface area contributed by atoms with Gasteiger partial charge in [-0.25, -0.2) is 0 Å². The smallest absolute Gasteiger partial charge is 0.0441 e. The van der Waals surface area contributed by atoms with Crippen molar-refractivity contribution in [3.8, 4) is 0 Å². The van der Waals surface area contributed by atoms with Crippen molar-refractivity contribution in [2.45, 2.75) is 30.0 Å². The second-order valence-corrected chi connectivity index (χ2v) is 6.12. The van der Waals surface area contributed by atoms with Gasteiger partial charge in [-0.3, -0.25) is 0 Å². The van der Waals surface area contributed by atoms with Crippen molar-refractivity contribution >= 4 is 27.7 Å². The minimum Gasteiger partial charge on any atom is -0.396 e. The topological polar surface area (TPSA) is 32.3 Å². The molecule has 1 aromatic carbocycles. The molecule has 0 amide bonds. The predicted molar refractivity (Wildman–Crippen MR) is 73.9 cm³/mol. The van der Waals surface area contributed by atoms with Crippen LogP contribution in [0.15, 0.2) is 27.6 Å². The third kappa shape index (κ3) is 4.45. The van der Waals surface area contributed by atoms with E-state index < -0.39 is 0 Å². The van der Waals surface area contributed by atoms with Crippen LogP contribution >= 0.6 is 27.7 Å². The Labute approximate surface area is 110 Å². The molecule has 0 spiro atoms. The molecule has 0 fully saturated rings. The van der Waals surface area contributed by atoms with Crippen molar-refractivity contribution < 1.29 is 5.11 Å². The van der Waals surface area contributed by atoms with Crippen LogP contribution in [0.1, 0.15) is 18.9 Å². The minimum atomic E-state index is 0.256. The summed E-state index contributed by atoms with van der Waals surface area (Å²) in [5.74, 6) is 0. The van der Waals surface area contributed by atoms with E-state index in [9.17, 15) is 0 Å². The highest BCUT2D eigenvalue weighted by molar-refractivity contribution is 9.10. The van der Waals surface area contributed by atoms with Gasteiger partial charge in [-0.15, -0.1) is 11.8 Å². The Bertz CT molecular complexity index is 333. The lowest BCUT2D eigenvalue weighted by Crippen LogP contribution is -2.07. The largest absolute Gasteiger partial charge is 0.396 e. The monoisotopic (exact) mass is 303 g/mol. The van der Waals surface area contributed by atoms with Crippen LogP contribution in [0.25, 0.3) is 0 Å². The van der Waals surface area contributed by atoms with Gasteiger partial charge in [-0.05, 0) is 37.2 Å². The number of benzene rings is 1. The Kier molecular flexibility index (Phi) is 6.43. The van der Waals surface area contributed by atoms with Gasteiger partial charge in [0.05, 0.1) is 0 Å². The van der Waals surface area contributed by atoms with Crippen LogP contribution in [-0.2, 0) is 6.54 Å². The molecule has 16 heavy (non-hydrogen) atoms. The van der Waals surface area contributed by atoms with E-state index in [2.05, 4.69) is 46.4 Å². The van der Waals surface area contributed by atoms with Crippen LogP contribution < -0.4 is 5.32 Å². The van der Waals surface area contributed by atoms with E-state index in [1.165, 1.54) is 10.5 Å². The van der Waals surface area contributed by atoms with Gasteiger partial charge >= 0.3 is 0 Å². The van der Waals surface area contributed by atoms with Gasteiger partial charge in [0.2, 0.25) is 0 Å². The first kappa shape index (κ1) is 14.0. The first-order valence-corrected chi connectivity index (χ1v) is 7.05. The third-order valence-electron chi connectivity index (χ3n) is 2.25. The van der Waals surface area contributed by atoms with Crippen molar-refractivity contribution in [3.63, 3.8) is 0 Å². The highest BCUT2D eigenvalue weighted by Gasteiger charge is 2.08. The molecule has 2 N–H and O–H groups in total. The van der Waals surface area contributed by atoms with Crippen LogP contribution in [0.4, 0.5) is 0 Å². The Morgan fingerprint density at radius 3 is 2.88 bits per heavy atom. The van der Waals surface area contributed by atoms with E-state index in [0.29, 0.717) is 5.25 Å². The highest BCUT2D eigenvalue weighted by atomic mass is 79.9. The van der Waals surface area contributed by atoms with E-state index in [1.807, 2.05) is 18.8 Å². The fourth-order valence-electron chi connectivity index (χ4n) is 1.45. The van der Waals surface area contributed by atoms with E-state index >= 15 is 0 Å². The molecule has 1 rings (SSSR count). The fraction of sp³-hybridized carbons (Fsp3) is 0.500. The zero-order valence-electron chi connectivity index (χ0n) is 9.66. The number of aliphatic hydroxyl groups is 1. The predicted octanol–water partition coefficient (Wildman–Crippen LogP) is 3.03. The second kappa shape index (κ2) is 7.33. The molecule has 0 aliphatic heterocycles. The molecular formula is C12H18BrNOS. The molecule has 0 saturated carbocycles. The maximum absolute atomic E-state index is 8.90. The number of hydrogen-bond donors (Lipinski definition) is 2. The molecular weight excluding hydrogens is 286 g/mol. The number of nitrogens with one attached hydrogen (secondary N) is 1. The van der Waals surface area contributed by atoms with E-state index in [-0.39, 0.29) is 6.61 Å². The molecule has 1 atom stereocenters. The van der Waals surface area contributed by atoms with E-state index in [0.717, 1.165) is 17.4 Å². The maximum Gasteiger partial charge on any atom is 0.0441 e. The molecule has 1 unspecified atom stereocenters. The Morgan fingerprint density at radius 1 is 1.50 bits per heavy atom. The quantitative estimate of drug-likeness (QED) is 0.792. The first-order chi connectivity index (χ1) is 7.67. The molecule has 0 bridgehead atoms. The summed E-state index contributed by atoms with van der Waals surface area (Å²) in [7, 11) is 1.95. The second-order valence-electron chi connectivity index (χ2n) is 3.72. The number of rotatable bonds is 6. The molecule has 2 nitrogen and oxygen atoms in total.